The Balaban J connectivity index is 2.90. The van der Waals surface area contributed by atoms with Gasteiger partial charge in [-0.1, -0.05) is 30.3 Å². The summed E-state index contributed by atoms with van der Waals surface area (Å²) in [4.78, 5) is 60.5. The summed E-state index contributed by atoms with van der Waals surface area (Å²) < 4.78 is 0. The van der Waals surface area contributed by atoms with Crippen molar-refractivity contribution >= 4 is 29.6 Å². The lowest BCUT2D eigenvalue weighted by atomic mass is 10.0. The van der Waals surface area contributed by atoms with E-state index in [-0.39, 0.29) is 12.8 Å². The average molecular weight is 479 g/mol. The second-order valence-corrected chi connectivity index (χ2v) is 7.94. The number of aliphatic carboxylic acids is 1. The SMILES string of the molecule is CC(NC(=O)C(CCCCN)NC(=O)C(CC(N)=O)NC(=O)C(N)Cc1ccccc1)C(=O)O. The number of rotatable bonds is 15. The number of carbonyl (C=O) groups is 5. The quantitative estimate of drug-likeness (QED) is 0.141. The fourth-order valence-electron chi connectivity index (χ4n) is 3.06. The monoisotopic (exact) mass is 478 g/mol. The Morgan fingerprint density at radius 3 is 2.06 bits per heavy atom. The molecule has 0 aliphatic rings. The van der Waals surface area contributed by atoms with Gasteiger partial charge in [0.1, 0.15) is 18.1 Å². The van der Waals surface area contributed by atoms with Crippen molar-refractivity contribution < 1.29 is 29.1 Å². The van der Waals surface area contributed by atoms with Gasteiger partial charge in [0, 0.05) is 0 Å². The molecule has 4 atom stereocenters. The third-order valence-electron chi connectivity index (χ3n) is 4.98. The van der Waals surface area contributed by atoms with Crippen LogP contribution in [-0.2, 0) is 30.4 Å². The van der Waals surface area contributed by atoms with Crippen molar-refractivity contribution in [2.45, 2.75) is 63.2 Å². The standard InChI is InChI=1S/C22H34N6O6/c1-13(22(33)34)26-20(31)16(9-5-6-10-23)27-21(32)17(12-18(25)29)28-19(30)15(24)11-14-7-3-2-4-8-14/h2-4,7-8,13,15-17H,5-6,9-12,23-24H2,1H3,(H2,25,29)(H,26,31)(H,27,32)(H,28,30)(H,33,34). The van der Waals surface area contributed by atoms with Crippen LogP contribution in [0.5, 0.6) is 0 Å². The first-order chi connectivity index (χ1) is 16.0. The molecule has 4 unspecified atom stereocenters. The summed E-state index contributed by atoms with van der Waals surface area (Å²) in [6.07, 6.45) is 0.911. The molecule has 0 spiro atoms. The van der Waals surface area contributed by atoms with E-state index < -0.39 is 60.2 Å². The molecule has 0 aromatic heterocycles. The van der Waals surface area contributed by atoms with Gasteiger partial charge in [0.25, 0.3) is 0 Å². The lowest BCUT2D eigenvalue weighted by Crippen LogP contribution is -2.57. The van der Waals surface area contributed by atoms with Crippen molar-refractivity contribution in [1.82, 2.24) is 16.0 Å². The number of nitrogens with two attached hydrogens (primary N) is 3. The molecule has 0 saturated heterocycles. The molecule has 12 nitrogen and oxygen atoms in total. The number of nitrogens with one attached hydrogen (secondary N) is 3. The molecule has 0 bridgehead atoms. The molecule has 188 valence electrons. The van der Waals surface area contributed by atoms with Gasteiger partial charge in [-0.15, -0.1) is 0 Å². The summed E-state index contributed by atoms with van der Waals surface area (Å²) in [5.41, 5.74) is 17.5. The number of carbonyl (C=O) groups excluding carboxylic acids is 4. The van der Waals surface area contributed by atoms with Crippen molar-refractivity contribution in [2.75, 3.05) is 6.54 Å². The first-order valence-corrected chi connectivity index (χ1v) is 11.0. The predicted octanol–water partition coefficient (Wildman–Crippen LogP) is -1.88. The number of primary amides is 1. The number of hydrogen-bond donors (Lipinski definition) is 7. The van der Waals surface area contributed by atoms with E-state index in [1.165, 1.54) is 6.92 Å². The van der Waals surface area contributed by atoms with E-state index >= 15 is 0 Å². The zero-order valence-corrected chi connectivity index (χ0v) is 19.2. The van der Waals surface area contributed by atoms with Crippen LogP contribution in [-0.4, -0.2) is 65.4 Å². The van der Waals surface area contributed by atoms with E-state index in [0.29, 0.717) is 19.4 Å². The van der Waals surface area contributed by atoms with E-state index in [4.69, 9.17) is 22.3 Å². The Morgan fingerprint density at radius 2 is 1.50 bits per heavy atom. The van der Waals surface area contributed by atoms with Gasteiger partial charge in [0.15, 0.2) is 0 Å². The highest BCUT2D eigenvalue weighted by Crippen LogP contribution is 2.05. The fraction of sp³-hybridized carbons (Fsp3) is 0.500. The summed E-state index contributed by atoms with van der Waals surface area (Å²) in [5.74, 6) is -4.30. The van der Waals surface area contributed by atoms with Gasteiger partial charge in [-0.05, 0) is 44.7 Å². The van der Waals surface area contributed by atoms with E-state index in [0.717, 1.165) is 5.56 Å². The molecule has 0 aliphatic heterocycles. The lowest BCUT2D eigenvalue weighted by Gasteiger charge is -2.24. The van der Waals surface area contributed by atoms with Gasteiger partial charge in [-0.25, -0.2) is 0 Å². The topological polar surface area (TPSA) is 220 Å². The Labute approximate surface area is 198 Å². The van der Waals surface area contributed by atoms with E-state index in [1.807, 2.05) is 6.07 Å². The molecule has 34 heavy (non-hydrogen) atoms. The second kappa shape index (κ2) is 14.6. The number of carboxylic acid groups (broad SMARTS) is 1. The molecule has 1 aromatic carbocycles. The Morgan fingerprint density at radius 1 is 0.912 bits per heavy atom. The van der Waals surface area contributed by atoms with E-state index in [9.17, 15) is 24.0 Å². The average Bonchev–Trinajstić information content (AvgIpc) is 2.78. The van der Waals surface area contributed by atoms with E-state index in [1.54, 1.807) is 24.3 Å². The van der Waals surface area contributed by atoms with Crippen LogP contribution in [0, 0.1) is 0 Å². The maximum absolute atomic E-state index is 12.9. The zero-order valence-electron chi connectivity index (χ0n) is 19.2. The van der Waals surface area contributed by atoms with Crippen molar-refractivity contribution in [3.63, 3.8) is 0 Å². The van der Waals surface area contributed by atoms with Crippen molar-refractivity contribution in [1.29, 1.82) is 0 Å². The molecule has 12 heteroatoms. The molecule has 10 N–H and O–H groups in total. The van der Waals surface area contributed by atoms with Crippen LogP contribution >= 0.6 is 0 Å². The molecule has 1 aromatic rings. The van der Waals surface area contributed by atoms with Crippen molar-refractivity contribution in [3.05, 3.63) is 35.9 Å². The Bertz CT molecular complexity index is 850. The molecule has 1 rings (SSSR count). The zero-order chi connectivity index (χ0) is 25.7. The summed E-state index contributed by atoms with van der Waals surface area (Å²) in [6.45, 7) is 1.65. The van der Waals surface area contributed by atoms with Gasteiger partial charge >= 0.3 is 5.97 Å². The summed E-state index contributed by atoms with van der Waals surface area (Å²) in [7, 11) is 0. The fourth-order valence-corrected chi connectivity index (χ4v) is 3.06. The summed E-state index contributed by atoms with van der Waals surface area (Å²) in [6, 6.07) is 4.35. The minimum absolute atomic E-state index is 0.172. The van der Waals surface area contributed by atoms with Crippen LogP contribution in [0.25, 0.3) is 0 Å². The second-order valence-electron chi connectivity index (χ2n) is 7.94. The van der Waals surface area contributed by atoms with Crippen LogP contribution in [0.4, 0.5) is 0 Å². The van der Waals surface area contributed by atoms with Gasteiger partial charge in [-0.2, -0.15) is 0 Å². The summed E-state index contributed by atoms with van der Waals surface area (Å²) >= 11 is 0. The first-order valence-electron chi connectivity index (χ1n) is 11.0. The minimum Gasteiger partial charge on any atom is -0.480 e. The highest BCUT2D eigenvalue weighted by Gasteiger charge is 2.30. The number of benzene rings is 1. The molecular formula is C22H34N6O6. The smallest absolute Gasteiger partial charge is 0.325 e. The van der Waals surface area contributed by atoms with Gasteiger partial charge < -0.3 is 38.3 Å². The maximum atomic E-state index is 12.9. The van der Waals surface area contributed by atoms with Crippen LogP contribution in [0.15, 0.2) is 30.3 Å². The molecule has 0 radical (unpaired) electrons. The van der Waals surface area contributed by atoms with Gasteiger partial charge in [0.05, 0.1) is 12.5 Å². The van der Waals surface area contributed by atoms with Crippen LogP contribution in [0.1, 0.15) is 38.2 Å². The van der Waals surface area contributed by atoms with Crippen LogP contribution in [0.2, 0.25) is 0 Å². The van der Waals surface area contributed by atoms with Gasteiger partial charge in [0.2, 0.25) is 23.6 Å². The largest absolute Gasteiger partial charge is 0.480 e. The highest BCUT2D eigenvalue weighted by atomic mass is 16.4. The number of carboxylic acids is 1. The molecule has 0 heterocycles. The molecular weight excluding hydrogens is 444 g/mol. The lowest BCUT2D eigenvalue weighted by molar-refractivity contribution is -0.142. The number of hydrogen-bond acceptors (Lipinski definition) is 7. The third kappa shape index (κ3) is 10.4. The molecule has 0 saturated carbocycles. The molecule has 0 fully saturated rings. The predicted molar refractivity (Wildman–Crippen MR) is 124 cm³/mol. The maximum Gasteiger partial charge on any atom is 0.325 e. The van der Waals surface area contributed by atoms with E-state index in [2.05, 4.69) is 16.0 Å². The minimum atomic E-state index is -1.37. The summed E-state index contributed by atoms with van der Waals surface area (Å²) in [5, 5.41) is 16.2. The van der Waals surface area contributed by atoms with Crippen LogP contribution in [0.3, 0.4) is 0 Å². The normalized spacial score (nSPS) is 14.2. The molecule has 4 amide bonds. The number of unbranched alkanes of at least 4 members (excludes halogenated alkanes) is 1. The Kier molecular flexibility index (Phi) is 12.2. The van der Waals surface area contributed by atoms with Gasteiger partial charge in [-0.3, -0.25) is 24.0 Å². The van der Waals surface area contributed by atoms with Crippen LogP contribution < -0.4 is 33.2 Å². The molecule has 0 aliphatic carbocycles. The Hall–Kier alpha value is -3.51. The van der Waals surface area contributed by atoms with Crippen molar-refractivity contribution in [3.8, 4) is 0 Å². The van der Waals surface area contributed by atoms with Crippen molar-refractivity contribution in [2.24, 2.45) is 17.2 Å². The highest BCUT2D eigenvalue weighted by molar-refractivity contribution is 5.96. The third-order valence-corrected chi connectivity index (χ3v) is 4.98. The first kappa shape index (κ1) is 28.5. The number of amides is 4.